The lowest BCUT2D eigenvalue weighted by Crippen LogP contribution is -2.14. The van der Waals surface area contributed by atoms with E-state index in [1.54, 1.807) is 7.11 Å². The van der Waals surface area contributed by atoms with Gasteiger partial charge in [0.25, 0.3) is 0 Å². The molecule has 3 nitrogen and oxygen atoms in total. The SMILES string of the molecule is COc1ccc(Br)c(CC(N)c2cc(C)oc2C)c1. The van der Waals surface area contributed by atoms with Crippen LogP contribution in [0.2, 0.25) is 0 Å². The molecule has 19 heavy (non-hydrogen) atoms. The van der Waals surface area contributed by atoms with Crippen LogP contribution in [-0.2, 0) is 6.42 Å². The van der Waals surface area contributed by atoms with Gasteiger partial charge in [0, 0.05) is 16.1 Å². The minimum atomic E-state index is -0.0825. The first-order chi connectivity index (χ1) is 9.01. The van der Waals surface area contributed by atoms with Crippen LogP contribution in [0.5, 0.6) is 5.75 Å². The summed E-state index contributed by atoms with van der Waals surface area (Å²) in [4.78, 5) is 0. The third-order valence-electron chi connectivity index (χ3n) is 3.17. The van der Waals surface area contributed by atoms with Gasteiger partial charge in [0.15, 0.2) is 0 Å². The van der Waals surface area contributed by atoms with Crippen LogP contribution in [0.15, 0.2) is 33.2 Å². The zero-order valence-electron chi connectivity index (χ0n) is 11.4. The molecule has 0 aliphatic carbocycles. The average molecular weight is 324 g/mol. The summed E-state index contributed by atoms with van der Waals surface area (Å²) in [5, 5.41) is 0. The van der Waals surface area contributed by atoms with Crippen molar-refractivity contribution in [3.63, 3.8) is 0 Å². The van der Waals surface area contributed by atoms with Crippen molar-refractivity contribution in [1.82, 2.24) is 0 Å². The van der Waals surface area contributed by atoms with Crippen LogP contribution in [0.4, 0.5) is 0 Å². The van der Waals surface area contributed by atoms with Crippen molar-refractivity contribution >= 4 is 15.9 Å². The molecule has 0 bridgehead atoms. The summed E-state index contributed by atoms with van der Waals surface area (Å²) in [6.07, 6.45) is 0.734. The Morgan fingerprint density at radius 2 is 2.05 bits per heavy atom. The van der Waals surface area contributed by atoms with E-state index >= 15 is 0 Å². The Balaban J connectivity index is 2.23. The molecule has 0 saturated heterocycles. The maximum absolute atomic E-state index is 6.28. The van der Waals surface area contributed by atoms with Gasteiger partial charge < -0.3 is 14.9 Å². The molecular weight excluding hydrogens is 306 g/mol. The molecule has 102 valence electrons. The van der Waals surface area contributed by atoms with Crippen molar-refractivity contribution in [1.29, 1.82) is 0 Å². The molecule has 4 heteroatoms. The predicted octanol–water partition coefficient (Wildman–Crippen LogP) is 3.91. The molecule has 1 aromatic carbocycles. The van der Waals surface area contributed by atoms with E-state index in [9.17, 15) is 0 Å². The number of furan rings is 1. The summed E-state index contributed by atoms with van der Waals surface area (Å²) in [5.74, 6) is 2.63. The summed E-state index contributed by atoms with van der Waals surface area (Å²) in [6, 6.07) is 7.84. The lowest BCUT2D eigenvalue weighted by atomic mass is 10.00. The largest absolute Gasteiger partial charge is 0.497 e. The number of aryl methyl sites for hydroxylation is 2. The Hall–Kier alpha value is -1.26. The molecule has 0 aliphatic rings. The minimum Gasteiger partial charge on any atom is -0.497 e. The van der Waals surface area contributed by atoms with Crippen LogP contribution < -0.4 is 10.5 Å². The second-order valence-electron chi connectivity index (χ2n) is 4.64. The number of halogens is 1. The first-order valence-corrected chi connectivity index (χ1v) is 6.95. The van der Waals surface area contributed by atoms with E-state index in [2.05, 4.69) is 15.9 Å². The van der Waals surface area contributed by atoms with Crippen molar-refractivity contribution in [3.05, 3.63) is 51.4 Å². The average Bonchev–Trinajstić information content (AvgIpc) is 2.71. The van der Waals surface area contributed by atoms with Crippen molar-refractivity contribution in [2.24, 2.45) is 5.73 Å². The smallest absolute Gasteiger partial charge is 0.119 e. The molecule has 0 saturated carbocycles. The number of hydrogen-bond acceptors (Lipinski definition) is 3. The van der Waals surface area contributed by atoms with Gasteiger partial charge in [-0.05, 0) is 50.1 Å². The number of methoxy groups -OCH3 is 1. The highest BCUT2D eigenvalue weighted by Crippen LogP contribution is 2.28. The first-order valence-electron chi connectivity index (χ1n) is 6.16. The van der Waals surface area contributed by atoms with Crippen LogP contribution in [0.25, 0.3) is 0 Å². The normalized spacial score (nSPS) is 12.5. The summed E-state index contributed by atoms with van der Waals surface area (Å²) in [6.45, 7) is 3.88. The van der Waals surface area contributed by atoms with Crippen molar-refractivity contribution in [2.45, 2.75) is 26.3 Å². The predicted molar refractivity (Wildman–Crippen MR) is 79.5 cm³/mol. The van der Waals surface area contributed by atoms with Gasteiger partial charge in [-0.25, -0.2) is 0 Å². The third-order valence-corrected chi connectivity index (χ3v) is 3.95. The topological polar surface area (TPSA) is 48.4 Å². The maximum atomic E-state index is 6.28. The molecule has 1 aromatic heterocycles. The number of nitrogens with two attached hydrogens (primary N) is 1. The van der Waals surface area contributed by atoms with E-state index in [-0.39, 0.29) is 6.04 Å². The maximum Gasteiger partial charge on any atom is 0.119 e. The molecule has 2 aromatic rings. The van der Waals surface area contributed by atoms with E-state index in [0.29, 0.717) is 0 Å². The summed E-state index contributed by atoms with van der Waals surface area (Å²) >= 11 is 3.55. The van der Waals surface area contributed by atoms with Crippen molar-refractivity contribution < 1.29 is 9.15 Å². The van der Waals surface area contributed by atoms with Crippen molar-refractivity contribution in [2.75, 3.05) is 7.11 Å². The van der Waals surface area contributed by atoms with E-state index in [1.807, 2.05) is 38.1 Å². The highest BCUT2D eigenvalue weighted by molar-refractivity contribution is 9.10. The second kappa shape index (κ2) is 5.80. The van der Waals surface area contributed by atoms with Gasteiger partial charge in [0.1, 0.15) is 17.3 Å². The Bertz CT molecular complexity index is 578. The molecule has 2 N–H and O–H groups in total. The molecule has 0 spiro atoms. The summed E-state index contributed by atoms with van der Waals surface area (Å²) < 4.78 is 11.8. The molecule has 0 radical (unpaired) electrons. The Morgan fingerprint density at radius 1 is 1.32 bits per heavy atom. The molecule has 0 amide bonds. The molecular formula is C15H18BrNO2. The van der Waals surface area contributed by atoms with Crippen LogP contribution in [0, 0.1) is 13.8 Å². The van der Waals surface area contributed by atoms with Crippen LogP contribution in [0.1, 0.15) is 28.7 Å². The van der Waals surface area contributed by atoms with Gasteiger partial charge in [-0.1, -0.05) is 15.9 Å². The van der Waals surface area contributed by atoms with Gasteiger partial charge >= 0.3 is 0 Å². The quantitative estimate of drug-likeness (QED) is 0.927. The van der Waals surface area contributed by atoms with Gasteiger partial charge in [-0.3, -0.25) is 0 Å². The summed E-state index contributed by atoms with van der Waals surface area (Å²) in [7, 11) is 1.66. The number of hydrogen-bond donors (Lipinski definition) is 1. The molecule has 1 heterocycles. The Morgan fingerprint density at radius 3 is 2.63 bits per heavy atom. The summed E-state index contributed by atoms with van der Waals surface area (Å²) in [5.41, 5.74) is 8.47. The van der Waals surface area contributed by atoms with Crippen LogP contribution in [-0.4, -0.2) is 7.11 Å². The Labute approximate surface area is 121 Å². The lowest BCUT2D eigenvalue weighted by Gasteiger charge is -2.13. The van der Waals surface area contributed by atoms with E-state index in [1.165, 1.54) is 0 Å². The second-order valence-corrected chi connectivity index (χ2v) is 5.49. The lowest BCUT2D eigenvalue weighted by molar-refractivity contribution is 0.414. The molecule has 0 fully saturated rings. The number of ether oxygens (including phenoxy) is 1. The zero-order valence-corrected chi connectivity index (χ0v) is 13.0. The highest BCUT2D eigenvalue weighted by Gasteiger charge is 2.15. The molecule has 2 rings (SSSR count). The fourth-order valence-corrected chi connectivity index (χ4v) is 2.61. The van der Waals surface area contributed by atoms with E-state index in [0.717, 1.165) is 39.3 Å². The van der Waals surface area contributed by atoms with Crippen LogP contribution in [0.3, 0.4) is 0 Å². The van der Waals surface area contributed by atoms with Crippen LogP contribution >= 0.6 is 15.9 Å². The number of rotatable bonds is 4. The standard InChI is InChI=1S/C15H18BrNO2/c1-9-6-13(10(2)19-9)15(17)8-11-7-12(18-3)4-5-14(11)16/h4-7,15H,8,17H2,1-3H3. The molecule has 0 aliphatic heterocycles. The van der Waals surface area contributed by atoms with E-state index < -0.39 is 0 Å². The fraction of sp³-hybridized carbons (Fsp3) is 0.333. The zero-order chi connectivity index (χ0) is 14.0. The Kier molecular flexibility index (Phi) is 4.32. The monoisotopic (exact) mass is 323 g/mol. The fourth-order valence-electron chi connectivity index (χ4n) is 2.20. The van der Waals surface area contributed by atoms with Gasteiger partial charge in [-0.15, -0.1) is 0 Å². The highest BCUT2D eigenvalue weighted by atomic mass is 79.9. The molecule has 1 unspecified atom stereocenters. The van der Waals surface area contributed by atoms with Gasteiger partial charge in [0.05, 0.1) is 7.11 Å². The minimum absolute atomic E-state index is 0.0825. The van der Waals surface area contributed by atoms with Gasteiger partial charge in [-0.2, -0.15) is 0 Å². The third kappa shape index (κ3) is 3.19. The van der Waals surface area contributed by atoms with E-state index in [4.69, 9.17) is 14.9 Å². The molecule has 1 atom stereocenters. The number of benzene rings is 1. The van der Waals surface area contributed by atoms with Crippen molar-refractivity contribution in [3.8, 4) is 5.75 Å². The van der Waals surface area contributed by atoms with Gasteiger partial charge in [0.2, 0.25) is 0 Å². The first kappa shape index (κ1) is 14.2.